The molecule has 0 spiro atoms. The number of carbonyl (C=O) groups excluding carboxylic acids is 1. The average molecular weight is 529 g/mol. The van der Waals surface area contributed by atoms with E-state index >= 15 is 0 Å². The van der Waals surface area contributed by atoms with E-state index in [4.69, 9.17) is 9.47 Å². The molecule has 1 aromatic carbocycles. The van der Waals surface area contributed by atoms with Gasteiger partial charge in [0.05, 0.1) is 23.3 Å². The molecule has 0 radical (unpaired) electrons. The maximum atomic E-state index is 12.3. The number of piperidine rings is 1. The number of hydrogen-bond donors (Lipinski definition) is 1. The van der Waals surface area contributed by atoms with E-state index in [2.05, 4.69) is 25.7 Å². The number of piperazine rings is 1. The molecular weight excluding hydrogens is 496 g/mol. The first kappa shape index (κ1) is 25.5. The Morgan fingerprint density at radius 1 is 1.18 bits per heavy atom. The molecule has 2 fully saturated rings. The van der Waals surface area contributed by atoms with Crippen LogP contribution in [0, 0.1) is 10.1 Å². The molecule has 0 saturated carbocycles. The number of benzene rings is 1. The summed E-state index contributed by atoms with van der Waals surface area (Å²) >= 11 is 3.44. The van der Waals surface area contributed by atoms with Crippen LogP contribution in [0.3, 0.4) is 0 Å². The summed E-state index contributed by atoms with van der Waals surface area (Å²) in [6, 6.07) is 3.13. The zero-order valence-electron chi connectivity index (χ0n) is 19.7. The average Bonchev–Trinajstić information content (AvgIpc) is 2.73. The second-order valence-electron chi connectivity index (χ2n) is 9.69. The number of methoxy groups -OCH3 is 1. The molecule has 2 aliphatic heterocycles. The highest BCUT2D eigenvalue weighted by molar-refractivity contribution is 9.10. The highest BCUT2D eigenvalue weighted by Crippen LogP contribution is 2.39. The molecule has 0 atom stereocenters. The number of amides is 1. The Hall–Kier alpha value is -2.11. The molecule has 33 heavy (non-hydrogen) atoms. The molecule has 10 nitrogen and oxygen atoms in total. The lowest BCUT2D eigenvalue weighted by atomic mass is 9.90. The molecule has 0 bridgehead atoms. The zero-order valence-corrected chi connectivity index (χ0v) is 21.3. The number of nitrogens with zero attached hydrogens (tertiary/aromatic N) is 4. The number of nitro benzene ring substituents is 1. The highest BCUT2D eigenvalue weighted by atomic mass is 79.9. The molecule has 2 heterocycles. The molecule has 1 amide bonds. The summed E-state index contributed by atoms with van der Waals surface area (Å²) in [4.78, 5) is 29.0. The Labute approximate surface area is 202 Å². The molecular formula is C22H33BrN4O6. The molecule has 2 saturated heterocycles. The Kier molecular flexibility index (Phi) is 7.75. The van der Waals surface area contributed by atoms with Gasteiger partial charge in [0.15, 0.2) is 5.75 Å². The van der Waals surface area contributed by atoms with E-state index in [0.29, 0.717) is 63.1 Å². The number of hydrogen-bond acceptors (Lipinski definition) is 8. The van der Waals surface area contributed by atoms with Crippen LogP contribution in [0.2, 0.25) is 0 Å². The van der Waals surface area contributed by atoms with Gasteiger partial charge in [0, 0.05) is 62.4 Å². The summed E-state index contributed by atoms with van der Waals surface area (Å²) in [6.07, 6.45) is 0.856. The number of halogens is 1. The summed E-state index contributed by atoms with van der Waals surface area (Å²) in [5.74, 6) is 0.210. The van der Waals surface area contributed by atoms with E-state index in [1.807, 2.05) is 20.8 Å². The van der Waals surface area contributed by atoms with Gasteiger partial charge in [0.25, 0.3) is 0 Å². The standard InChI is InChI=1S/C22H33BrN4O6/c1-21(2,3)33-20(28)26-11-9-24(10-12-26)15-22(29)5-7-25(8-6-22)17-14-19(32-4)18(27(30)31)13-16(17)23/h13-14,29H,5-12,15H2,1-4H3. The van der Waals surface area contributed by atoms with Crippen LogP contribution in [0.1, 0.15) is 33.6 Å². The van der Waals surface area contributed by atoms with Crippen LogP contribution in [0.4, 0.5) is 16.2 Å². The van der Waals surface area contributed by atoms with Gasteiger partial charge in [-0.05, 0) is 49.5 Å². The summed E-state index contributed by atoms with van der Waals surface area (Å²) < 4.78 is 11.3. The molecule has 184 valence electrons. The molecule has 0 unspecified atom stereocenters. The van der Waals surface area contributed by atoms with Crippen LogP contribution < -0.4 is 9.64 Å². The minimum atomic E-state index is -0.818. The number of anilines is 1. The number of rotatable bonds is 5. The maximum Gasteiger partial charge on any atom is 0.410 e. The summed E-state index contributed by atoms with van der Waals surface area (Å²) in [7, 11) is 1.41. The van der Waals surface area contributed by atoms with Crippen molar-refractivity contribution in [3.8, 4) is 5.75 Å². The molecule has 0 aromatic heterocycles. The number of carbonyl (C=O) groups is 1. The van der Waals surface area contributed by atoms with Crippen molar-refractivity contribution in [3.05, 3.63) is 26.7 Å². The topological polar surface area (TPSA) is 109 Å². The van der Waals surface area contributed by atoms with Crippen molar-refractivity contribution in [1.29, 1.82) is 0 Å². The molecule has 1 N–H and O–H groups in total. The lowest BCUT2D eigenvalue weighted by Gasteiger charge is -2.44. The number of aliphatic hydroxyl groups is 1. The zero-order chi connectivity index (χ0) is 24.4. The quantitative estimate of drug-likeness (QED) is 0.458. The fraction of sp³-hybridized carbons (Fsp3) is 0.682. The summed E-state index contributed by atoms with van der Waals surface area (Å²) in [6.45, 7) is 9.89. The summed E-state index contributed by atoms with van der Waals surface area (Å²) in [5, 5.41) is 22.4. The number of nitro groups is 1. The van der Waals surface area contributed by atoms with Crippen LogP contribution in [-0.4, -0.2) is 90.0 Å². The van der Waals surface area contributed by atoms with E-state index in [1.54, 1.807) is 11.0 Å². The van der Waals surface area contributed by atoms with Gasteiger partial charge >= 0.3 is 11.8 Å². The van der Waals surface area contributed by atoms with Crippen molar-refractivity contribution in [2.45, 2.75) is 44.8 Å². The van der Waals surface area contributed by atoms with Gasteiger partial charge in [-0.3, -0.25) is 15.0 Å². The SMILES string of the molecule is COc1cc(N2CCC(O)(CN3CCN(C(=O)OC(C)(C)C)CC3)CC2)c(Br)cc1[N+](=O)[O-]. The molecule has 1 aromatic rings. The third-order valence-electron chi connectivity index (χ3n) is 6.02. The van der Waals surface area contributed by atoms with Crippen LogP contribution >= 0.6 is 15.9 Å². The van der Waals surface area contributed by atoms with Gasteiger partial charge in [-0.25, -0.2) is 4.79 Å². The highest BCUT2D eigenvalue weighted by Gasteiger charge is 2.36. The third-order valence-corrected chi connectivity index (χ3v) is 6.66. The second kappa shape index (κ2) is 10.0. The fourth-order valence-corrected chi connectivity index (χ4v) is 4.82. The molecule has 0 aliphatic carbocycles. The lowest BCUT2D eigenvalue weighted by molar-refractivity contribution is -0.385. The number of β-amino-alcohol motifs (C(OH)–C–C–N with tert-alkyl or cyclic N) is 1. The first-order valence-electron chi connectivity index (χ1n) is 11.1. The molecule has 2 aliphatic rings. The lowest BCUT2D eigenvalue weighted by Crippen LogP contribution is -2.56. The van der Waals surface area contributed by atoms with Crippen LogP contribution in [0.15, 0.2) is 16.6 Å². The smallest absolute Gasteiger partial charge is 0.410 e. The Bertz CT molecular complexity index is 874. The van der Waals surface area contributed by atoms with Gasteiger partial charge in [-0.15, -0.1) is 0 Å². The van der Waals surface area contributed by atoms with E-state index in [1.165, 1.54) is 13.2 Å². The van der Waals surface area contributed by atoms with Crippen LogP contribution in [0.5, 0.6) is 5.75 Å². The van der Waals surface area contributed by atoms with Crippen molar-refractivity contribution < 1.29 is 24.3 Å². The van der Waals surface area contributed by atoms with Crippen LogP contribution in [-0.2, 0) is 4.74 Å². The van der Waals surface area contributed by atoms with Gasteiger partial charge in [-0.1, -0.05) is 0 Å². The Morgan fingerprint density at radius 3 is 2.30 bits per heavy atom. The monoisotopic (exact) mass is 528 g/mol. The van der Waals surface area contributed by atoms with Gasteiger partial charge in [-0.2, -0.15) is 0 Å². The molecule has 3 rings (SSSR count). The van der Waals surface area contributed by atoms with Crippen molar-refractivity contribution >= 4 is 33.4 Å². The van der Waals surface area contributed by atoms with E-state index in [9.17, 15) is 20.0 Å². The largest absolute Gasteiger partial charge is 0.490 e. The Morgan fingerprint density at radius 2 is 1.79 bits per heavy atom. The number of ether oxygens (including phenoxy) is 2. The predicted octanol–water partition coefficient (Wildman–Crippen LogP) is 3.25. The minimum absolute atomic E-state index is 0.0906. The van der Waals surface area contributed by atoms with E-state index < -0.39 is 16.1 Å². The van der Waals surface area contributed by atoms with Gasteiger partial charge in [0.1, 0.15) is 5.60 Å². The van der Waals surface area contributed by atoms with E-state index in [0.717, 1.165) is 5.69 Å². The predicted molar refractivity (Wildman–Crippen MR) is 128 cm³/mol. The third kappa shape index (κ3) is 6.48. The second-order valence-corrected chi connectivity index (χ2v) is 10.5. The van der Waals surface area contributed by atoms with Crippen LogP contribution in [0.25, 0.3) is 0 Å². The van der Waals surface area contributed by atoms with Gasteiger partial charge < -0.3 is 24.4 Å². The minimum Gasteiger partial charge on any atom is -0.490 e. The van der Waals surface area contributed by atoms with Crippen molar-refractivity contribution in [2.75, 3.05) is 57.8 Å². The maximum absolute atomic E-state index is 12.3. The van der Waals surface area contributed by atoms with Crippen molar-refractivity contribution in [3.63, 3.8) is 0 Å². The Balaban J connectivity index is 1.55. The van der Waals surface area contributed by atoms with Crippen molar-refractivity contribution in [1.82, 2.24) is 9.80 Å². The normalized spacial score (nSPS) is 19.3. The van der Waals surface area contributed by atoms with Gasteiger partial charge in [0.2, 0.25) is 0 Å². The van der Waals surface area contributed by atoms with E-state index in [-0.39, 0.29) is 17.5 Å². The first-order valence-corrected chi connectivity index (χ1v) is 11.9. The summed E-state index contributed by atoms with van der Waals surface area (Å²) in [5.41, 5.74) is -0.611. The fourth-order valence-electron chi connectivity index (χ4n) is 4.23. The van der Waals surface area contributed by atoms with Crippen molar-refractivity contribution in [2.24, 2.45) is 0 Å². The first-order chi connectivity index (χ1) is 15.4. The molecule has 11 heteroatoms.